The summed E-state index contributed by atoms with van der Waals surface area (Å²) in [4.78, 5) is 89.5. The molecule has 13 nitrogen and oxygen atoms in total. The summed E-state index contributed by atoms with van der Waals surface area (Å²) in [6.45, 7) is 8.04. The quantitative estimate of drug-likeness (QED) is 0.218. The maximum atomic E-state index is 15.1. The molecule has 1 aromatic carbocycles. The van der Waals surface area contributed by atoms with E-state index in [9.17, 15) is 28.8 Å². The molecule has 5 amide bonds. The molecule has 3 unspecified atom stereocenters. The number of carbonyl (C=O) groups is 6. The molecule has 15 heteroatoms. The van der Waals surface area contributed by atoms with Crippen molar-refractivity contribution in [2.75, 3.05) is 11.9 Å². The molecule has 1 aliphatic carbocycles. The topological polar surface area (TPSA) is 180 Å². The molecule has 2 aromatic rings. The normalized spacial score (nSPS) is 21.1. The number of anilines is 1. The Morgan fingerprint density at radius 2 is 1.62 bits per heavy atom. The number of amides is 5. The van der Waals surface area contributed by atoms with Crippen LogP contribution in [-0.2, 0) is 24.0 Å². The highest BCUT2D eigenvalue weighted by molar-refractivity contribution is 6.42. The van der Waals surface area contributed by atoms with E-state index in [-0.39, 0.29) is 18.5 Å². The van der Waals surface area contributed by atoms with E-state index in [1.807, 2.05) is 0 Å². The average molecular weight is 698 g/mol. The molecule has 2 fully saturated rings. The highest BCUT2D eigenvalue weighted by atomic mass is 19.3. The highest BCUT2D eigenvalue weighted by Crippen LogP contribution is 2.51. The van der Waals surface area contributed by atoms with Crippen LogP contribution in [0.1, 0.15) is 70.8 Å². The van der Waals surface area contributed by atoms with Crippen LogP contribution >= 0.6 is 0 Å². The standard InChI is InChI=1S/C35H45F2N7O6/c1-6-10-24(29(45)33(49)40-21-11-8-7-9-12-21)41-32(48)28-22-13-14-35(36,37)23(22)18-44(28)34(50)27(20(4)5)43-31(47)26(19(2)3)42-30(46)25-17-38-15-16-39-25/h7-9,11-12,15-17,19-20,22-24,26-28H,6,10,13-14,18H2,1-5H3,(H,40,49)(H,41,48)(H,42,46)(H,43,47)/t22?,23?,24?,26-,27-,28-/m0/s1. The van der Waals surface area contributed by atoms with Gasteiger partial charge in [0.05, 0.1) is 12.2 Å². The second-order valence-corrected chi connectivity index (χ2v) is 13.6. The Morgan fingerprint density at radius 1 is 0.940 bits per heavy atom. The minimum absolute atomic E-state index is 0.0155. The number of nitrogens with zero attached hydrogens (tertiary/aromatic N) is 3. The lowest BCUT2D eigenvalue weighted by atomic mass is 9.91. The van der Waals surface area contributed by atoms with Crippen molar-refractivity contribution >= 4 is 41.0 Å². The third-order valence-electron chi connectivity index (χ3n) is 9.28. The van der Waals surface area contributed by atoms with E-state index in [4.69, 9.17) is 0 Å². The number of ketones is 1. The van der Waals surface area contributed by atoms with Crippen molar-refractivity contribution in [3.05, 3.63) is 54.6 Å². The molecule has 1 aliphatic heterocycles. The number of aromatic nitrogens is 2. The first-order chi connectivity index (χ1) is 23.7. The van der Waals surface area contributed by atoms with E-state index in [2.05, 4.69) is 31.2 Å². The SMILES string of the molecule is CCCC(NC(=O)[C@@H]1C2CCC(F)(F)C2CN1C(=O)[C@@H](NC(=O)[C@@H](NC(=O)c1cnccn1)C(C)C)C(C)C)C(=O)C(=O)Nc1ccccc1. The van der Waals surface area contributed by atoms with Gasteiger partial charge in [0.1, 0.15) is 23.8 Å². The summed E-state index contributed by atoms with van der Waals surface area (Å²) >= 11 is 0. The van der Waals surface area contributed by atoms with Gasteiger partial charge < -0.3 is 26.2 Å². The Hall–Kier alpha value is -4.82. The molecule has 270 valence electrons. The minimum atomic E-state index is -3.14. The monoisotopic (exact) mass is 697 g/mol. The summed E-state index contributed by atoms with van der Waals surface area (Å²) < 4.78 is 30.3. The van der Waals surface area contributed by atoms with E-state index in [0.29, 0.717) is 12.1 Å². The third-order valence-corrected chi connectivity index (χ3v) is 9.28. The fraction of sp³-hybridized carbons (Fsp3) is 0.543. The molecule has 50 heavy (non-hydrogen) atoms. The van der Waals surface area contributed by atoms with Crippen molar-refractivity contribution in [1.29, 1.82) is 0 Å². The van der Waals surface area contributed by atoms with Crippen LogP contribution in [0.3, 0.4) is 0 Å². The van der Waals surface area contributed by atoms with Crippen LogP contribution in [-0.4, -0.2) is 86.8 Å². The maximum Gasteiger partial charge on any atom is 0.293 e. The predicted molar refractivity (Wildman–Crippen MR) is 178 cm³/mol. The molecular weight excluding hydrogens is 652 g/mol. The fourth-order valence-corrected chi connectivity index (χ4v) is 6.61. The molecule has 1 aromatic heterocycles. The van der Waals surface area contributed by atoms with E-state index in [1.165, 1.54) is 18.6 Å². The number of carbonyl (C=O) groups excluding carboxylic acids is 6. The molecule has 1 saturated carbocycles. The summed E-state index contributed by atoms with van der Waals surface area (Å²) in [7, 11) is 0. The van der Waals surface area contributed by atoms with Crippen LogP contribution in [0.4, 0.5) is 14.5 Å². The number of para-hydroxylation sites is 1. The van der Waals surface area contributed by atoms with Crippen LogP contribution in [0, 0.1) is 23.7 Å². The van der Waals surface area contributed by atoms with E-state index in [1.54, 1.807) is 65.0 Å². The second kappa shape index (κ2) is 16.3. The average Bonchev–Trinajstić information content (AvgIpc) is 3.62. The Balaban J connectivity index is 1.55. The van der Waals surface area contributed by atoms with Crippen molar-refractivity contribution in [3.63, 3.8) is 0 Å². The van der Waals surface area contributed by atoms with Crippen molar-refractivity contribution in [1.82, 2.24) is 30.8 Å². The summed E-state index contributed by atoms with van der Waals surface area (Å²) in [6.07, 6.45) is 3.97. The number of alkyl halides is 2. The van der Waals surface area contributed by atoms with Crippen molar-refractivity contribution in [2.24, 2.45) is 23.7 Å². The Morgan fingerprint density at radius 3 is 2.22 bits per heavy atom. The van der Waals surface area contributed by atoms with Crippen LogP contribution in [0.2, 0.25) is 0 Å². The number of nitrogens with one attached hydrogen (secondary N) is 4. The zero-order valence-electron chi connectivity index (χ0n) is 28.8. The number of fused-ring (bicyclic) bond motifs is 1. The lowest BCUT2D eigenvalue weighted by Gasteiger charge is -2.34. The van der Waals surface area contributed by atoms with Gasteiger partial charge in [-0.05, 0) is 42.7 Å². The van der Waals surface area contributed by atoms with Gasteiger partial charge in [-0.2, -0.15) is 0 Å². The van der Waals surface area contributed by atoms with Crippen molar-refractivity contribution in [3.8, 4) is 0 Å². The van der Waals surface area contributed by atoms with Gasteiger partial charge in [-0.25, -0.2) is 13.8 Å². The molecule has 0 bridgehead atoms. The molecule has 2 aliphatic rings. The van der Waals surface area contributed by atoms with Crippen LogP contribution in [0.15, 0.2) is 48.9 Å². The van der Waals surface area contributed by atoms with Crippen LogP contribution in [0.25, 0.3) is 0 Å². The van der Waals surface area contributed by atoms with Crippen molar-refractivity contribution < 1.29 is 37.5 Å². The Kier molecular flexibility index (Phi) is 12.4. The number of likely N-dealkylation sites (tertiary alicyclic amines) is 1. The number of hydrogen-bond donors (Lipinski definition) is 4. The van der Waals surface area contributed by atoms with E-state index >= 15 is 8.78 Å². The Bertz CT molecular complexity index is 1560. The van der Waals surface area contributed by atoms with E-state index in [0.717, 1.165) is 4.90 Å². The van der Waals surface area contributed by atoms with Gasteiger partial charge in [0.25, 0.3) is 17.7 Å². The molecule has 1 saturated heterocycles. The summed E-state index contributed by atoms with van der Waals surface area (Å²) in [5.41, 5.74) is 0.365. The molecular formula is C35H45F2N7O6. The third kappa shape index (κ3) is 8.66. The molecule has 0 spiro atoms. The van der Waals surface area contributed by atoms with Crippen molar-refractivity contribution in [2.45, 2.75) is 90.4 Å². The minimum Gasteiger partial charge on any atom is -0.344 e. The molecule has 4 rings (SSSR count). The number of hydrogen-bond acceptors (Lipinski definition) is 8. The van der Waals surface area contributed by atoms with Crippen LogP contribution < -0.4 is 21.3 Å². The number of rotatable bonds is 14. The lowest BCUT2D eigenvalue weighted by molar-refractivity contribution is -0.145. The summed E-state index contributed by atoms with van der Waals surface area (Å²) in [5.74, 6) is -11.1. The fourth-order valence-electron chi connectivity index (χ4n) is 6.61. The van der Waals surface area contributed by atoms with Gasteiger partial charge >= 0.3 is 0 Å². The second-order valence-electron chi connectivity index (χ2n) is 13.6. The zero-order chi connectivity index (χ0) is 36.7. The highest BCUT2D eigenvalue weighted by Gasteiger charge is 2.61. The lowest BCUT2D eigenvalue weighted by Crippen LogP contribution is -2.60. The largest absolute Gasteiger partial charge is 0.344 e. The summed E-state index contributed by atoms with van der Waals surface area (Å²) in [6, 6.07) is 3.31. The van der Waals surface area contributed by atoms with E-state index < -0.39 is 102 Å². The van der Waals surface area contributed by atoms with Gasteiger partial charge in [-0.15, -0.1) is 0 Å². The van der Waals surface area contributed by atoms with Gasteiger partial charge in [0.2, 0.25) is 23.5 Å². The zero-order valence-corrected chi connectivity index (χ0v) is 28.8. The molecule has 4 N–H and O–H groups in total. The molecule has 6 atom stereocenters. The first-order valence-electron chi connectivity index (χ1n) is 16.9. The number of Topliss-reactive ketones (excluding diaryl/α,β-unsaturated/α-hetero) is 1. The van der Waals surface area contributed by atoms with Gasteiger partial charge in [-0.1, -0.05) is 59.2 Å². The smallest absolute Gasteiger partial charge is 0.293 e. The Labute approximate surface area is 289 Å². The number of halogens is 2. The first-order valence-corrected chi connectivity index (χ1v) is 16.9. The maximum absolute atomic E-state index is 15.1. The van der Waals surface area contributed by atoms with Gasteiger partial charge in [0.15, 0.2) is 0 Å². The molecule has 0 radical (unpaired) electrons. The summed E-state index contributed by atoms with van der Waals surface area (Å²) in [5, 5.41) is 10.4. The van der Waals surface area contributed by atoms with Crippen LogP contribution in [0.5, 0.6) is 0 Å². The number of benzene rings is 1. The predicted octanol–water partition coefficient (Wildman–Crippen LogP) is 2.74. The van der Waals surface area contributed by atoms with Gasteiger partial charge in [0, 0.05) is 37.0 Å². The first kappa shape index (κ1) is 38.0. The molecule has 2 heterocycles. The van der Waals surface area contributed by atoms with Gasteiger partial charge in [-0.3, -0.25) is 33.8 Å².